The minimum absolute atomic E-state index is 0.273. The minimum Gasteiger partial charge on any atom is -0.494 e. The van der Waals surface area contributed by atoms with Crippen LogP contribution in [-0.2, 0) is 6.54 Å². The molecule has 0 aliphatic carbocycles. The van der Waals surface area contributed by atoms with Crippen molar-refractivity contribution in [3.05, 3.63) is 90.5 Å². The van der Waals surface area contributed by atoms with Gasteiger partial charge in [0, 0.05) is 24.8 Å². The fourth-order valence-corrected chi connectivity index (χ4v) is 3.84. The van der Waals surface area contributed by atoms with E-state index in [1.165, 1.54) is 13.2 Å². The highest BCUT2D eigenvalue weighted by atomic mass is 19.1. The van der Waals surface area contributed by atoms with Crippen LogP contribution in [0.3, 0.4) is 0 Å². The van der Waals surface area contributed by atoms with Crippen LogP contribution in [-0.4, -0.2) is 24.6 Å². The van der Waals surface area contributed by atoms with Crippen LogP contribution in [0.15, 0.2) is 73.6 Å². The first-order valence-corrected chi connectivity index (χ1v) is 9.97. The van der Waals surface area contributed by atoms with Crippen molar-refractivity contribution in [2.75, 3.05) is 18.6 Å². The van der Waals surface area contributed by atoms with Gasteiger partial charge in [-0.3, -0.25) is 0 Å². The van der Waals surface area contributed by atoms with Crippen LogP contribution < -0.4 is 9.64 Å². The molecule has 1 aliphatic rings. The summed E-state index contributed by atoms with van der Waals surface area (Å²) in [4.78, 5) is 4.55. The van der Waals surface area contributed by atoms with Gasteiger partial charge >= 0.3 is 0 Å². The number of ether oxygens (including phenoxy) is 1. The first kappa shape index (κ1) is 20.7. The lowest BCUT2D eigenvalue weighted by Crippen LogP contribution is -2.28. The van der Waals surface area contributed by atoms with E-state index < -0.39 is 0 Å². The van der Waals surface area contributed by atoms with E-state index in [2.05, 4.69) is 60.2 Å². The van der Waals surface area contributed by atoms with E-state index in [9.17, 15) is 4.39 Å². The van der Waals surface area contributed by atoms with E-state index in [0.717, 1.165) is 41.2 Å². The average molecular weight is 393 g/mol. The molecule has 4 heteroatoms. The van der Waals surface area contributed by atoms with Crippen LogP contribution in [0.4, 0.5) is 10.1 Å². The summed E-state index contributed by atoms with van der Waals surface area (Å²) in [6, 6.07) is 13.9. The topological polar surface area (TPSA) is 15.7 Å². The Labute approximate surface area is 173 Å². The third-order valence-electron chi connectivity index (χ3n) is 5.56. The van der Waals surface area contributed by atoms with Crippen molar-refractivity contribution in [1.29, 1.82) is 0 Å². The van der Waals surface area contributed by atoms with Gasteiger partial charge in [0.05, 0.1) is 7.11 Å². The molecular weight excluding hydrogens is 363 g/mol. The van der Waals surface area contributed by atoms with Gasteiger partial charge in [-0.1, -0.05) is 50.4 Å². The molecule has 0 N–H and O–H groups in total. The Hall–Kier alpha value is -3.01. The van der Waals surface area contributed by atoms with Gasteiger partial charge in [0.15, 0.2) is 11.6 Å². The molecule has 152 valence electrons. The maximum Gasteiger partial charge on any atom is 0.165 e. The largest absolute Gasteiger partial charge is 0.494 e. The summed E-state index contributed by atoms with van der Waals surface area (Å²) in [5.74, 6) is 0.892. The van der Waals surface area contributed by atoms with Crippen molar-refractivity contribution < 1.29 is 9.13 Å². The molecule has 0 spiro atoms. The second kappa shape index (κ2) is 8.99. The van der Waals surface area contributed by atoms with E-state index in [1.807, 2.05) is 19.1 Å². The first-order chi connectivity index (χ1) is 14.0. The number of halogens is 1. The molecule has 3 rings (SSSR count). The molecule has 1 aliphatic heterocycles. The van der Waals surface area contributed by atoms with E-state index in [1.54, 1.807) is 6.07 Å². The highest BCUT2D eigenvalue weighted by molar-refractivity contribution is 5.74. The average Bonchev–Trinajstić information content (AvgIpc) is 3.06. The Balaban J connectivity index is 1.81. The van der Waals surface area contributed by atoms with Crippen LogP contribution in [0.1, 0.15) is 31.4 Å². The summed E-state index contributed by atoms with van der Waals surface area (Å²) in [6.45, 7) is 14.0. The normalized spacial score (nSPS) is 17.0. The lowest BCUT2D eigenvalue weighted by molar-refractivity contribution is 0.287. The highest BCUT2D eigenvalue weighted by Gasteiger charge is 2.32. The summed E-state index contributed by atoms with van der Waals surface area (Å²) < 4.78 is 18.9. The molecular formula is C25H29FN2O. The lowest BCUT2D eigenvalue weighted by Gasteiger charge is -2.27. The molecule has 0 radical (unpaired) electrons. The van der Waals surface area contributed by atoms with Crippen LogP contribution in [0.2, 0.25) is 0 Å². The minimum atomic E-state index is -0.342. The van der Waals surface area contributed by atoms with E-state index in [0.29, 0.717) is 12.6 Å². The molecule has 1 heterocycles. The molecule has 1 fully saturated rings. The Morgan fingerprint density at radius 2 is 1.97 bits per heavy atom. The Morgan fingerprint density at radius 1 is 1.24 bits per heavy atom. The van der Waals surface area contributed by atoms with Crippen molar-refractivity contribution in [3.63, 3.8) is 0 Å². The highest BCUT2D eigenvalue weighted by Crippen LogP contribution is 2.33. The molecule has 0 amide bonds. The monoisotopic (exact) mass is 392 g/mol. The van der Waals surface area contributed by atoms with Crippen molar-refractivity contribution in [2.45, 2.75) is 32.9 Å². The molecule has 2 aromatic carbocycles. The molecule has 0 bridgehead atoms. The Morgan fingerprint density at radius 3 is 2.55 bits per heavy atom. The zero-order valence-corrected chi connectivity index (χ0v) is 17.5. The number of allylic oxidation sites excluding steroid dienone is 3. The van der Waals surface area contributed by atoms with Gasteiger partial charge in [-0.05, 0) is 54.3 Å². The Kier molecular flexibility index (Phi) is 6.42. The van der Waals surface area contributed by atoms with E-state index in [4.69, 9.17) is 4.74 Å². The molecule has 0 unspecified atom stereocenters. The number of nitrogens with zero attached hydrogens (tertiary/aromatic N) is 2. The van der Waals surface area contributed by atoms with Gasteiger partial charge in [0.25, 0.3) is 0 Å². The molecule has 0 saturated carbocycles. The van der Waals surface area contributed by atoms with Crippen LogP contribution in [0, 0.1) is 5.82 Å². The maximum absolute atomic E-state index is 13.8. The fourth-order valence-electron chi connectivity index (χ4n) is 3.84. The number of benzene rings is 2. The second-order valence-corrected chi connectivity index (χ2v) is 7.18. The predicted molar refractivity (Wildman–Crippen MR) is 119 cm³/mol. The first-order valence-electron chi connectivity index (χ1n) is 9.97. The maximum atomic E-state index is 13.8. The molecule has 29 heavy (non-hydrogen) atoms. The summed E-state index contributed by atoms with van der Waals surface area (Å²) in [7, 11) is 1.49. The van der Waals surface area contributed by atoms with Crippen LogP contribution >= 0.6 is 0 Å². The van der Waals surface area contributed by atoms with E-state index in [-0.39, 0.29) is 11.6 Å². The van der Waals surface area contributed by atoms with Gasteiger partial charge in [0.1, 0.15) is 5.82 Å². The molecule has 2 aromatic rings. The summed E-state index contributed by atoms with van der Waals surface area (Å²) in [6.07, 6.45) is 4.93. The van der Waals surface area contributed by atoms with Gasteiger partial charge in [-0.15, -0.1) is 0 Å². The molecule has 1 atom stereocenters. The number of methoxy groups -OCH3 is 1. The van der Waals surface area contributed by atoms with Crippen molar-refractivity contribution in [3.8, 4) is 5.75 Å². The number of anilines is 1. The molecule has 3 nitrogen and oxygen atoms in total. The quantitative estimate of drug-likeness (QED) is 0.538. The van der Waals surface area contributed by atoms with Gasteiger partial charge in [0.2, 0.25) is 0 Å². The predicted octanol–water partition coefficient (Wildman–Crippen LogP) is 6.00. The van der Waals surface area contributed by atoms with Crippen LogP contribution in [0.5, 0.6) is 5.75 Å². The summed E-state index contributed by atoms with van der Waals surface area (Å²) in [5.41, 5.74) is 4.40. The van der Waals surface area contributed by atoms with E-state index >= 15 is 0 Å². The number of hydrogen-bond acceptors (Lipinski definition) is 3. The van der Waals surface area contributed by atoms with Crippen molar-refractivity contribution in [2.24, 2.45) is 0 Å². The Bertz CT molecular complexity index is 917. The molecule has 1 saturated heterocycles. The standard InChI is InChI=1S/C25H29FN2O/c1-6-20(7-2)21-10-12-23(13-11-21)28-17-22(8-3)27(18(28)4)16-19-9-14-24(26)25(15-19)29-5/h6-7,9-15,22H,1,4,8,16-17H2,2-3,5H3/b20-7+/t22-/m1/s1. The van der Waals surface area contributed by atoms with Gasteiger partial charge in [-0.25, -0.2) is 4.39 Å². The second-order valence-electron chi connectivity index (χ2n) is 7.18. The van der Waals surface area contributed by atoms with Gasteiger partial charge in [-0.2, -0.15) is 0 Å². The molecule has 0 aromatic heterocycles. The third-order valence-corrected chi connectivity index (χ3v) is 5.56. The summed E-state index contributed by atoms with van der Waals surface area (Å²) in [5, 5.41) is 0. The fraction of sp³-hybridized carbons (Fsp3) is 0.280. The third kappa shape index (κ3) is 4.21. The number of rotatable bonds is 7. The smallest absolute Gasteiger partial charge is 0.165 e. The number of hydrogen-bond donors (Lipinski definition) is 0. The van der Waals surface area contributed by atoms with Crippen molar-refractivity contribution in [1.82, 2.24) is 4.90 Å². The summed E-state index contributed by atoms with van der Waals surface area (Å²) >= 11 is 0. The van der Waals surface area contributed by atoms with Crippen LogP contribution in [0.25, 0.3) is 5.57 Å². The SMILES string of the molecule is C=C/C(=C\C)c1ccc(N2C[C@@H](CC)N(Cc3ccc(F)c(OC)c3)C2=C)cc1. The lowest BCUT2D eigenvalue weighted by atomic mass is 10.1. The zero-order valence-electron chi connectivity index (χ0n) is 17.5. The van der Waals surface area contributed by atoms with Crippen molar-refractivity contribution >= 4 is 11.3 Å². The van der Waals surface area contributed by atoms with Gasteiger partial charge < -0.3 is 14.5 Å². The zero-order chi connectivity index (χ0) is 21.0.